The quantitative estimate of drug-likeness (QED) is 0.742. The second-order valence-corrected chi connectivity index (χ2v) is 3.28. The predicted molar refractivity (Wildman–Crippen MR) is 46.5 cm³/mol. The molecule has 2 N–H and O–H groups in total. The van der Waals surface area contributed by atoms with Crippen LogP contribution >= 0.6 is 11.3 Å². The number of aromatic carboxylic acids is 1. The average Bonchev–Trinajstić information content (AvgIpc) is 2.51. The van der Waals surface area contributed by atoms with Crippen LogP contribution in [0, 0.1) is 0 Å². The van der Waals surface area contributed by atoms with Gasteiger partial charge in [-0.15, -0.1) is 11.3 Å². The monoisotopic (exact) mass is 186 g/mol. The first-order valence-corrected chi connectivity index (χ1v) is 4.39. The van der Waals surface area contributed by atoms with Crippen LogP contribution in [0.15, 0.2) is 5.38 Å². The number of hydrogen-bond donors (Lipinski definition) is 2. The predicted octanol–water partition coefficient (Wildman–Crippen LogP) is 1.12. The van der Waals surface area contributed by atoms with Gasteiger partial charge in [-0.1, -0.05) is 0 Å². The Balaban J connectivity index is 2.84. The Morgan fingerprint density at radius 2 is 2.50 bits per heavy atom. The molecular weight excluding hydrogens is 176 g/mol. The number of rotatable bonds is 3. The highest BCUT2D eigenvalue weighted by molar-refractivity contribution is 7.09. The summed E-state index contributed by atoms with van der Waals surface area (Å²) in [6.45, 7) is 1.93. The van der Waals surface area contributed by atoms with Crippen molar-refractivity contribution in [1.29, 1.82) is 0 Å². The summed E-state index contributed by atoms with van der Waals surface area (Å²) < 4.78 is 0. The van der Waals surface area contributed by atoms with E-state index in [4.69, 9.17) is 5.11 Å². The van der Waals surface area contributed by atoms with Crippen LogP contribution in [-0.2, 0) is 0 Å². The molecule has 0 aromatic carbocycles. The molecule has 0 saturated heterocycles. The van der Waals surface area contributed by atoms with Crippen LogP contribution in [0.4, 0.5) is 0 Å². The van der Waals surface area contributed by atoms with Gasteiger partial charge in [-0.05, 0) is 14.0 Å². The highest BCUT2D eigenvalue weighted by atomic mass is 32.1. The molecule has 1 atom stereocenters. The molecule has 0 aliphatic rings. The molecule has 1 aromatic heterocycles. The number of hydrogen-bond acceptors (Lipinski definition) is 4. The molecule has 66 valence electrons. The summed E-state index contributed by atoms with van der Waals surface area (Å²) in [7, 11) is 1.81. The van der Waals surface area contributed by atoms with E-state index in [2.05, 4.69) is 10.3 Å². The van der Waals surface area contributed by atoms with E-state index in [1.165, 1.54) is 11.3 Å². The van der Waals surface area contributed by atoms with Crippen molar-refractivity contribution in [2.45, 2.75) is 13.0 Å². The van der Waals surface area contributed by atoms with Crippen molar-refractivity contribution in [2.24, 2.45) is 0 Å². The summed E-state index contributed by atoms with van der Waals surface area (Å²) in [4.78, 5) is 14.4. The first kappa shape index (κ1) is 9.15. The molecule has 1 unspecified atom stereocenters. The Morgan fingerprint density at radius 1 is 1.83 bits per heavy atom. The number of aromatic nitrogens is 1. The highest BCUT2D eigenvalue weighted by Crippen LogP contribution is 2.16. The lowest BCUT2D eigenvalue weighted by atomic mass is 10.4. The van der Waals surface area contributed by atoms with Crippen LogP contribution < -0.4 is 5.32 Å². The molecule has 4 nitrogen and oxygen atoms in total. The fraction of sp³-hybridized carbons (Fsp3) is 0.429. The highest BCUT2D eigenvalue weighted by Gasteiger charge is 2.11. The second-order valence-electron chi connectivity index (χ2n) is 2.39. The van der Waals surface area contributed by atoms with Crippen molar-refractivity contribution in [3.05, 3.63) is 16.1 Å². The minimum atomic E-state index is -0.971. The first-order chi connectivity index (χ1) is 5.65. The van der Waals surface area contributed by atoms with Crippen molar-refractivity contribution >= 4 is 17.3 Å². The Labute approximate surface area is 74.3 Å². The van der Waals surface area contributed by atoms with E-state index in [1.54, 1.807) is 5.38 Å². The largest absolute Gasteiger partial charge is 0.476 e. The molecule has 0 aliphatic carbocycles. The Morgan fingerprint density at radius 3 is 2.92 bits per heavy atom. The van der Waals surface area contributed by atoms with Gasteiger partial charge in [0.15, 0.2) is 5.69 Å². The van der Waals surface area contributed by atoms with Gasteiger partial charge < -0.3 is 10.4 Å². The molecule has 1 heterocycles. The smallest absolute Gasteiger partial charge is 0.355 e. The Bertz CT molecular complexity index is 285. The standard InChI is InChI=1S/C7H10N2O2S/c1-4(8-2)6-9-5(3-12-6)7(10)11/h3-4,8H,1-2H3,(H,10,11). The van der Waals surface area contributed by atoms with Crippen molar-refractivity contribution in [3.8, 4) is 0 Å². The van der Waals surface area contributed by atoms with E-state index in [0.717, 1.165) is 5.01 Å². The summed E-state index contributed by atoms with van der Waals surface area (Å²) >= 11 is 1.36. The van der Waals surface area contributed by atoms with Gasteiger partial charge >= 0.3 is 5.97 Å². The van der Waals surface area contributed by atoms with E-state index in [1.807, 2.05) is 14.0 Å². The molecule has 5 heteroatoms. The third-order valence-corrected chi connectivity index (χ3v) is 2.57. The zero-order valence-corrected chi connectivity index (χ0v) is 7.68. The molecule has 0 radical (unpaired) electrons. The van der Waals surface area contributed by atoms with Crippen molar-refractivity contribution in [1.82, 2.24) is 10.3 Å². The average molecular weight is 186 g/mol. The molecule has 1 rings (SSSR count). The minimum Gasteiger partial charge on any atom is -0.476 e. The lowest BCUT2D eigenvalue weighted by Crippen LogP contribution is -2.12. The van der Waals surface area contributed by atoms with E-state index >= 15 is 0 Å². The first-order valence-electron chi connectivity index (χ1n) is 3.51. The van der Waals surface area contributed by atoms with Gasteiger partial charge in [0, 0.05) is 5.38 Å². The normalized spacial score (nSPS) is 12.8. The van der Waals surface area contributed by atoms with Crippen molar-refractivity contribution < 1.29 is 9.90 Å². The maximum absolute atomic E-state index is 10.4. The Hall–Kier alpha value is -0.940. The zero-order chi connectivity index (χ0) is 9.14. The number of carbonyl (C=O) groups is 1. The lowest BCUT2D eigenvalue weighted by Gasteiger charge is -2.03. The molecule has 0 aliphatic heterocycles. The van der Waals surface area contributed by atoms with Crippen molar-refractivity contribution in [3.63, 3.8) is 0 Å². The summed E-state index contributed by atoms with van der Waals surface area (Å²) in [5.74, 6) is -0.971. The van der Waals surface area contributed by atoms with Crippen LogP contribution in [0.25, 0.3) is 0 Å². The van der Waals surface area contributed by atoms with Crippen LogP contribution in [0.3, 0.4) is 0 Å². The summed E-state index contributed by atoms with van der Waals surface area (Å²) in [6, 6.07) is 0.114. The van der Waals surface area contributed by atoms with E-state index in [9.17, 15) is 4.79 Å². The molecule has 0 amide bonds. The van der Waals surface area contributed by atoms with E-state index in [-0.39, 0.29) is 11.7 Å². The third-order valence-electron chi connectivity index (χ3n) is 1.54. The van der Waals surface area contributed by atoms with E-state index in [0.29, 0.717) is 0 Å². The molecule has 0 saturated carbocycles. The molecule has 0 fully saturated rings. The maximum Gasteiger partial charge on any atom is 0.355 e. The Kier molecular flexibility index (Phi) is 2.78. The molecule has 12 heavy (non-hydrogen) atoms. The van der Waals surface area contributed by atoms with Gasteiger partial charge in [-0.2, -0.15) is 0 Å². The number of carboxylic acid groups (broad SMARTS) is 1. The van der Waals surface area contributed by atoms with Crippen LogP contribution in [0.1, 0.15) is 28.5 Å². The summed E-state index contributed by atoms with van der Waals surface area (Å²) in [5, 5.41) is 13.9. The van der Waals surface area contributed by atoms with Gasteiger partial charge in [0.25, 0.3) is 0 Å². The number of nitrogens with one attached hydrogen (secondary N) is 1. The SMILES string of the molecule is CNC(C)c1nc(C(=O)O)cs1. The lowest BCUT2D eigenvalue weighted by molar-refractivity contribution is 0.0691. The zero-order valence-electron chi connectivity index (χ0n) is 6.87. The van der Waals surface area contributed by atoms with Crippen LogP contribution in [0.2, 0.25) is 0 Å². The maximum atomic E-state index is 10.4. The van der Waals surface area contributed by atoms with Gasteiger partial charge in [0.2, 0.25) is 0 Å². The molecule has 0 bridgehead atoms. The minimum absolute atomic E-state index is 0.114. The van der Waals surface area contributed by atoms with E-state index < -0.39 is 5.97 Å². The van der Waals surface area contributed by atoms with Crippen molar-refractivity contribution in [2.75, 3.05) is 7.05 Å². The summed E-state index contributed by atoms with van der Waals surface area (Å²) in [5.41, 5.74) is 0.122. The van der Waals surface area contributed by atoms with Gasteiger partial charge in [-0.3, -0.25) is 0 Å². The third kappa shape index (κ3) is 1.80. The number of nitrogens with zero attached hydrogens (tertiary/aromatic N) is 1. The van der Waals surface area contributed by atoms with Crippen LogP contribution in [0.5, 0.6) is 0 Å². The molecule has 1 aromatic rings. The van der Waals surface area contributed by atoms with Gasteiger partial charge in [0.1, 0.15) is 5.01 Å². The second kappa shape index (κ2) is 3.64. The number of carboxylic acids is 1. The van der Waals surface area contributed by atoms with Crippen LogP contribution in [-0.4, -0.2) is 23.1 Å². The fourth-order valence-corrected chi connectivity index (χ4v) is 1.57. The molecule has 0 spiro atoms. The summed E-state index contributed by atoms with van der Waals surface area (Å²) in [6.07, 6.45) is 0. The topological polar surface area (TPSA) is 62.2 Å². The fourth-order valence-electron chi connectivity index (χ4n) is 0.708. The van der Waals surface area contributed by atoms with Gasteiger partial charge in [-0.25, -0.2) is 9.78 Å². The van der Waals surface area contributed by atoms with Gasteiger partial charge in [0.05, 0.1) is 6.04 Å². The molecular formula is C7H10N2O2S. The number of thiazole rings is 1.